The Morgan fingerprint density at radius 2 is 1.80 bits per heavy atom. The maximum atomic E-state index is 12.4. The van der Waals surface area contributed by atoms with Crippen LogP contribution in [0, 0.1) is 6.92 Å². The maximum absolute atomic E-state index is 12.4. The third kappa shape index (κ3) is 4.79. The summed E-state index contributed by atoms with van der Waals surface area (Å²) in [7, 11) is -3.73. The van der Waals surface area contributed by atoms with Crippen LogP contribution in [-0.4, -0.2) is 31.6 Å². The molecule has 7 nitrogen and oxygen atoms in total. The van der Waals surface area contributed by atoms with Crippen molar-refractivity contribution in [3.8, 4) is 0 Å². The van der Waals surface area contributed by atoms with Crippen molar-refractivity contribution in [2.24, 2.45) is 5.73 Å². The van der Waals surface area contributed by atoms with Gasteiger partial charge >= 0.3 is 0 Å². The van der Waals surface area contributed by atoms with Crippen LogP contribution in [0.15, 0.2) is 53.4 Å². The summed E-state index contributed by atoms with van der Waals surface area (Å²) in [5.74, 6) is -0.554. The van der Waals surface area contributed by atoms with Gasteiger partial charge in [0.1, 0.15) is 6.04 Å². The first-order valence-corrected chi connectivity index (χ1v) is 9.12. The van der Waals surface area contributed by atoms with E-state index in [9.17, 15) is 18.3 Å². The van der Waals surface area contributed by atoms with Crippen LogP contribution in [0.2, 0.25) is 0 Å². The van der Waals surface area contributed by atoms with E-state index in [1.165, 1.54) is 25.1 Å². The van der Waals surface area contributed by atoms with Gasteiger partial charge in [0, 0.05) is 5.69 Å². The average molecular weight is 363 g/mol. The zero-order valence-corrected chi connectivity index (χ0v) is 14.7. The Morgan fingerprint density at radius 1 is 1.16 bits per heavy atom. The number of rotatable bonds is 6. The lowest BCUT2D eigenvalue weighted by Crippen LogP contribution is -2.43. The van der Waals surface area contributed by atoms with Crippen molar-refractivity contribution < 1.29 is 18.3 Å². The van der Waals surface area contributed by atoms with E-state index in [1.807, 2.05) is 0 Å². The third-order valence-electron chi connectivity index (χ3n) is 3.62. The van der Waals surface area contributed by atoms with Gasteiger partial charge in [-0.1, -0.05) is 24.3 Å². The summed E-state index contributed by atoms with van der Waals surface area (Å²) in [6.45, 7) is 3.18. The van der Waals surface area contributed by atoms with E-state index in [1.54, 1.807) is 37.3 Å². The van der Waals surface area contributed by atoms with Gasteiger partial charge in [0.05, 0.1) is 16.7 Å². The van der Waals surface area contributed by atoms with Crippen LogP contribution in [-0.2, 0) is 14.8 Å². The highest BCUT2D eigenvalue weighted by Crippen LogP contribution is 2.23. The van der Waals surface area contributed by atoms with E-state index in [0.717, 1.165) is 5.56 Å². The van der Waals surface area contributed by atoms with E-state index in [2.05, 4.69) is 10.0 Å². The molecule has 0 aliphatic rings. The zero-order chi connectivity index (χ0) is 18.6. The molecule has 8 heteroatoms. The van der Waals surface area contributed by atoms with Gasteiger partial charge in [-0.15, -0.1) is 0 Å². The normalized spacial score (nSPS) is 13.8. The number of nitrogens with two attached hydrogens (primary N) is 1. The molecule has 2 aromatic carbocycles. The molecule has 0 saturated heterocycles. The number of hydrogen-bond donors (Lipinski definition) is 4. The lowest BCUT2D eigenvalue weighted by Gasteiger charge is -2.17. The molecule has 0 bridgehead atoms. The van der Waals surface area contributed by atoms with Gasteiger partial charge in [0.15, 0.2) is 0 Å². The molecular formula is C17H21N3O4S. The molecular weight excluding hydrogens is 342 g/mol. The number of benzene rings is 2. The van der Waals surface area contributed by atoms with Crippen molar-refractivity contribution in [3.05, 3.63) is 54.1 Å². The summed E-state index contributed by atoms with van der Waals surface area (Å²) in [5.41, 5.74) is 7.04. The number of carbonyl (C=O) groups excluding carboxylic acids is 1. The van der Waals surface area contributed by atoms with Crippen LogP contribution >= 0.6 is 0 Å². The van der Waals surface area contributed by atoms with Crippen LogP contribution < -0.4 is 15.8 Å². The highest BCUT2D eigenvalue weighted by molar-refractivity contribution is 7.92. The Labute approximate surface area is 146 Å². The summed E-state index contributed by atoms with van der Waals surface area (Å²) in [5, 5.41) is 12.0. The number of aliphatic hydroxyl groups excluding tert-OH is 1. The number of aliphatic hydroxyl groups is 1. The second kappa shape index (κ2) is 7.64. The number of aryl methyl sites for hydroxylation is 1. The molecule has 0 spiro atoms. The minimum absolute atomic E-state index is 0.136. The average Bonchev–Trinajstić information content (AvgIpc) is 2.57. The first-order chi connectivity index (χ1) is 11.7. The first-order valence-electron chi connectivity index (χ1n) is 7.64. The molecule has 0 radical (unpaired) electrons. The lowest BCUT2D eigenvalue weighted by atomic mass is 10.1. The molecule has 0 heterocycles. The zero-order valence-electron chi connectivity index (χ0n) is 13.9. The fourth-order valence-corrected chi connectivity index (χ4v) is 3.14. The highest BCUT2D eigenvalue weighted by Gasteiger charge is 2.20. The van der Waals surface area contributed by atoms with Crippen LogP contribution in [0.3, 0.4) is 0 Å². The molecule has 0 aromatic heterocycles. The number of nitrogens with one attached hydrogen (secondary N) is 2. The molecule has 5 N–H and O–H groups in total. The lowest BCUT2D eigenvalue weighted by molar-refractivity contribution is -0.119. The maximum Gasteiger partial charge on any atom is 0.261 e. The molecule has 1 amide bonds. The highest BCUT2D eigenvalue weighted by atomic mass is 32.2. The smallest absolute Gasteiger partial charge is 0.261 e. The summed E-state index contributed by atoms with van der Waals surface area (Å²) >= 11 is 0. The minimum atomic E-state index is -3.73. The van der Waals surface area contributed by atoms with Crippen molar-refractivity contribution in [2.45, 2.75) is 30.9 Å². The van der Waals surface area contributed by atoms with Crippen molar-refractivity contribution in [1.82, 2.24) is 0 Å². The molecule has 0 fully saturated rings. The standard InChI is InChI=1S/C17H21N3O4S/c1-11-8-9-13(10-15(11)19-17(22)16(18)12(2)21)20-25(23,24)14-6-4-3-5-7-14/h3-10,12,16,20-21H,18H2,1-2H3,(H,19,22)/t12-,16+/m1/s1. The van der Waals surface area contributed by atoms with E-state index in [4.69, 9.17) is 5.73 Å². The molecule has 134 valence electrons. The number of amides is 1. The van der Waals surface area contributed by atoms with Crippen molar-refractivity contribution in [3.63, 3.8) is 0 Å². The Hall–Kier alpha value is -2.42. The fraction of sp³-hybridized carbons (Fsp3) is 0.235. The predicted octanol–water partition coefficient (Wildman–Crippen LogP) is 1.44. The van der Waals surface area contributed by atoms with Gasteiger partial charge in [-0.2, -0.15) is 0 Å². The first kappa shape index (κ1) is 18.9. The second-order valence-electron chi connectivity index (χ2n) is 5.70. The molecule has 0 aliphatic heterocycles. The van der Waals surface area contributed by atoms with Crippen molar-refractivity contribution in [2.75, 3.05) is 10.0 Å². The van der Waals surface area contributed by atoms with Gasteiger partial charge in [0.2, 0.25) is 5.91 Å². The van der Waals surface area contributed by atoms with Crippen LogP contribution in [0.25, 0.3) is 0 Å². The molecule has 2 rings (SSSR count). The third-order valence-corrected chi connectivity index (χ3v) is 5.02. The molecule has 25 heavy (non-hydrogen) atoms. The monoisotopic (exact) mass is 363 g/mol. The quantitative estimate of drug-likeness (QED) is 0.619. The van der Waals surface area contributed by atoms with Crippen LogP contribution in [0.4, 0.5) is 11.4 Å². The number of hydrogen-bond acceptors (Lipinski definition) is 5. The van der Waals surface area contributed by atoms with Gasteiger partial charge < -0.3 is 16.2 Å². The second-order valence-corrected chi connectivity index (χ2v) is 7.39. The predicted molar refractivity (Wildman–Crippen MR) is 96.7 cm³/mol. The van der Waals surface area contributed by atoms with Crippen LogP contribution in [0.1, 0.15) is 12.5 Å². The largest absolute Gasteiger partial charge is 0.391 e. The summed E-state index contributed by atoms with van der Waals surface area (Å²) < 4.78 is 27.2. The number of carbonyl (C=O) groups is 1. The minimum Gasteiger partial charge on any atom is -0.391 e. The van der Waals surface area contributed by atoms with E-state index < -0.39 is 28.1 Å². The van der Waals surface area contributed by atoms with Crippen molar-refractivity contribution in [1.29, 1.82) is 0 Å². The Kier molecular flexibility index (Phi) is 5.78. The van der Waals surface area contributed by atoms with Gasteiger partial charge in [-0.25, -0.2) is 8.42 Å². The Balaban J connectivity index is 2.23. The van der Waals surface area contributed by atoms with Gasteiger partial charge in [-0.3, -0.25) is 9.52 Å². The van der Waals surface area contributed by atoms with E-state index in [0.29, 0.717) is 11.4 Å². The Bertz CT molecular complexity index is 851. The summed E-state index contributed by atoms with van der Waals surface area (Å²) in [6.07, 6.45) is -1.000. The molecule has 0 aliphatic carbocycles. The Morgan fingerprint density at radius 3 is 2.40 bits per heavy atom. The molecule has 2 atom stereocenters. The summed E-state index contributed by atoms with van der Waals surface area (Å²) in [6, 6.07) is 11.7. The molecule has 2 aromatic rings. The molecule has 0 unspecified atom stereocenters. The molecule has 0 saturated carbocycles. The van der Waals surface area contributed by atoms with Crippen LogP contribution in [0.5, 0.6) is 0 Å². The fourth-order valence-electron chi connectivity index (χ4n) is 2.07. The SMILES string of the molecule is Cc1ccc(NS(=O)(=O)c2ccccc2)cc1NC(=O)[C@@H](N)[C@@H](C)O. The van der Waals surface area contributed by atoms with Gasteiger partial charge in [0.25, 0.3) is 10.0 Å². The topological polar surface area (TPSA) is 122 Å². The van der Waals surface area contributed by atoms with Gasteiger partial charge in [-0.05, 0) is 43.7 Å². The van der Waals surface area contributed by atoms with E-state index in [-0.39, 0.29) is 4.90 Å². The number of sulfonamides is 1. The van der Waals surface area contributed by atoms with Crippen molar-refractivity contribution >= 4 is 27.3 Å². The van der Waals surface area contributed by atoms with E-state index >= 15 is 0 Å². The number of anilines is 2. The summed E-state index contributed by atoms with van der Waals surface area (Å²) in [4.78, 5) is 12.1.